The van der Waals surface area contributed by atoms with Gasteiger partial charge in [-0.25, -0.2) is 4.79 Å². The molecule has 11 heteroatoms. The molecule has 3 rings (SSSR count). The van der Waals surface area contributed by atoms with E-state index >= 15 is 0 Å². The number of ketones is 2. The Morgan fingerprint density at radius 1 is 1.10 bits per heavy atom. The molecule has 0 aromatic heterocycles. The summed E-state index contributed by atoms with van der Waals surface area (Å²) in [6, 6.07) is 0. The maximum atomic E-state index is 13.7. The molecule has 0 aromatic rings. The van der Waals surface area contributed by atoms with Crippen LogP contribution in [0.15, 0.2) is 58.6 Å². The number of methoxy groups -OCH3 is 3. The molecule has 0 aromatic carbocycles. The van der Waals surface area contributed by atoms with Gasteiger partial charge in [-0.05, 0) is 31.8 Å². The normalized spacial score (nSPS) is 35.3. The van der Waals surface area contributed by atoms with Gasteiger partial charge in [0.25, 0.3) is 5.91 Å². The van der Waals surface area contributed by atoms with Crippen LogP contribution in [0.3, 0.4) is 0 Å². The highest BCUT2D eigenvalue weighted by Crippen LogP contribution is 2.38. The minimum atomic E-state index is -0.974. The zero-order chi connectivity index (χ0) is 29.7. The molecule has 3 N–H and O–H groups in total. The van der Waals surface area contributed by atoms with E-state index in [0.717, 1.165) is 6.08 Å². The third-order valence-corrected chi connectivity index (χ3v) is 7.38. The molecule has 218 valence electrons. The Hall–Kier alpha value is -3.54. The second-order valence-corrected chi connectivity index (χ2v) is 10.2. The topological polar surface area (TPSA) is 152 Å². The summed E-state index contributed by atoms with van der Waals surface area (Å²) in [5.74, 6) is -2.35. The predicted molar refractivity (Wildman–Crippen MR) is 145 cm³/mol. The van der Waals surface area contributed by atoms with Crippen LogP contribution < -0.4 is 11.1 Å². The molecule has 1 aliphatic carbocycles. The summed E-state index contributed by atoms with van der Waals surface area (Å²) in [5.41, 5.74) is 6.15. The van der Waals surface area contributed by atoms with E-state index in [1.165, 1.54) is 20.3 Å². The number of carbonyl (C=O) groups is 4. The molecule has 2 aliphatic heterocycles. The summed E-state index contributed by atoms with van der Waals surface area (Å²) in [6.07, 6.45) is 3.87. The number of rotatable bonds is 4. The number of nitrogens with one attached hydrogen (secondary N) is 1. The zero-order valence-electron chi connectivity index (χ0n) is 23.9. The highest BCUT2D eigenvalue weighted by atomic mass is 16.6. The first-order valence-electron chi connectivity index (χ1n) is 13.0. The molecule has 11 nitrogen and oxygen atoms in total. The third-order valence-electron chi connectivity index (χ3n) is 7.38. The Morgan fingerprint density at radius 3 is 2.40 bits per heavy atom. The van der Waals surface area contributed by atoms with Crippen molar-refractivity contribution < 1.29 is 42.9 Å². The average molecular weight is 559 g/mol. The van der Waals surface area contributed by atoms with E-state index in [0.29, 0.717) is 12.0 Å². The summed E-state index contributed by atoms with van der Waals surface area (Å²) in [7, 11) is 4.36. The van der Waals surface area contributed by atoms with Crippen LogP contribution in [0.1, 0.15) is 34.1 Å². The van der Waals surface area contributed by atoms with Gasteiger partial charge >= 0.3 is 6.09 Å². The van der Waals surface area contributed by atoms with E-state index in [9.17, 15) is 19.2 Å². The van der Waals surface area contributed by atoms with Crippen LogP contribution in [0.5, 0.6) is 0 Å². The lowest BCUT2D eigenvalue weighted by atomic mass is 9.80. The monoisotopic (exact) mass is 558 g/mol. The van der Waals surface area contributed by atoms with Gasteiger partial charge in [-0.3, -0.25) is 14.4 Å². The van der Waals surface area contributed by atoms with Gasteiger partial charge < -0.3 is 34.7 Å². The summed E-state index contributed by atoms with van der Waals surface area (Å²) in [5, 5.41) is 2.55. The zero-order valence-corrected chi connectivity index (χ0v) is 23.9. The smallest absolute Gasteiger partial charge is 0.405 e. The van der Waals surface area contributed by atoms with Gasteiger partial charge in [0.15, 0.2) is 11.9 Å². The Morgan fingerprint density at radius 2 is 1.80 bits per heavy atom. The minimum absolute atomic E-state index is 0.0467. The maximum absolute atomic E-state index is 13.7. The Bertz CT molecular complexity index is 1200. The lowest BCUT2D eigenvalue weighted by Gasteiger charge is -2.43. The number of ether oxygens (including phenoxy) is 5. The van der Waals surface area contributed by atoms with Crippen molar-refractivity contribution in [1.29, 1.82) is 0 Å². The number of hydrogen-bond acceptors (Lipinski definition) is 9. The fourth-order valence-electron chi connectivity index (χ4n) is 5.32. The highest BCUT2D eigenvalue weighted by Gasteiger charge is 2.45. The van der Waals surface area contributed by atoms with Gasteiger partial charge in [0.2, 0.25) is 11.6 Å². The average Bonchev–Trinajstić information content (AvgIpc) is 2.90. The van der Waals surface area contributed by atoms with Gasteiger partial charge in [-0.2, -0.15) is 0 Å². The van der Waals surface area contributed by atoms with Crippen molar-refractivity contribution in [3.63, 3.8) is 0 Å². The van der Waals surface area contributed by atoms with Crippen molar-refractivity contribution in [2.75, 3.05) is 21.3 Å². The van der Waals surface area contributed by atoms with Crippen molar-refractivity contribution in [2.24, 2.45) is 17.6 Å². The first-order chi connectivity index (χ1) is 18.9. The molecular formula is C29H38N2O9. The molecule has 4 bridgehead atoms. The second kappa shape index (κ2) is 13.2. The standard InChI is InChI=1S/C29H38N2O9/c1-14-9-8-10-20(36-5)24(40-29(30)35)15(2)11-16(3)25-21(37-6)12-17(4)26(39-25)22-23(33)18(31-28(14)34)13-19(32)27(22)38-7/h8-11,13,16-17,20-21,24-26H,12H2,1-7H3,(H2,30,35)(H,31,34)/b10-8-,14-9-,15-11-/t16-,17-,20-,21-,24-,25+,26?/m0/s1. The first-order valence-corrected chi connectivity index (χ1v) is 13.0. The minimum Gasteiger partial charge on any atom is -0.492 e. The summed E-state index contributed by atoms with van der Waals surface area (Å²) < 4.78 is 28.7. The number of hydrogen-bond donors (Lipinski definition) is 2. The number of Topliss-reactive ketones (excluding diaryl/α,β-unsaturated/α-hetero) is 1. The first kappa shape index (κ1) is 31.0. The number of fused-ring (bicyclic) bond motifs is 5. The SMILES string of the molecule is COC1=C2C(=O)C(=CC1=O)NC(=O)/C(C)=C\C=C/[C@H](OC)[C@@H](OC(N)=O)/C(C)=C\[C@H](C)[C@H]1OC2[C@@H](C)C[C@@H]1OC. The summed E-state index contributed by atoms with van der Waals surface area (Å²) in [4.78, 5) is 51.4. The molecule has 0 saturated carbocycles. The van der Waals surface area contributed by atoms with Crippen molar-refractivity contribution in [3.8, 4) is 0 Å². The number of amides is 2. The van der Waals surface area contributed by atoms with Crippen molar-refractivity contribution in [3.05, 3.63) is 58.6 Å². The molecule has 0 radical (unpaired) electrons. The van der Waals surface area contributed by atoms with Crippen molar-refractivity contribution >= 4 is 23.6 Å². The number of primary amides is 1. The molecule has 2 amide bonds. The van der Waals surface area contributed by atoms with Crippen molar-refractivity contribution in [2.45, 2.75) is 64.6 Å². The van der Waals surface area contributed by atoms with Crippen molar-refractivity contribution in [1.82, 2.24) is 5.32 Å². The Balaban J connectivity index is 2.19. The van der Waals surface area contributed by atoms with Crippen LogP contribution >= 0.6 is 0 Å². The fraction of sp³-hybridized carbons (Fsp3) is 0.517. The van der Waals surface area contributed by atoms with Gasteiger partial charge in [-0.15, -0.1) is 0 Å². The van der Waals surface area contributed by atoms with Gasteiger partial charge in [0.1, 0.15) is 6.10 Å². The highest BCUT2D eigenvalue weighted by molar-refractivity contribution is 6.23. The van der Waals surface area contributed by atoms with Crippen LogP contribution in [0.4, 0.5) is 4.79 Å². The maximum Gasteiger partial charge on any atom is 0.405 e. The number of carbonyl (C=O) groups excluding carboxylic acids is 4. The number of allylic oxidation sites excluding steroid dienone is 4. The van der Waals surface area contributed by atoms with E-state index in [2.05, 4.69) is 5.32 Å². The quantitative estimate of drug-likeness (QED) is 0.391. The van der Waals surface area contributed by atoms with E-state index < -0.39 is 48.0 Å². The van der Waals surface area contributed by atoms with E-state index in [-0.39, 0.29) is 40.5 Å². The molecule has 40 heavy (non-hydrogen) atoms. The molecular weight excluding hydrogens is 520 g/mol. The largest absolute Gasteiger partial charge is 0.492 e. The van der Waals surface area contributed by atoms with Crippen LogP contribution in [0, 0.1) is 11.8 Å². The predicted octanol–water partition coefficient (Wildman–Crippen LogP) is 2.42. The van der Waals surface area contributed by atoms with E-state index in [1.54, 1.807) is 33.1 Å². The van der Waals surface area contributed by atoms with Crippen LogP contribution in [-0.4, -0.2) is 75.4 Å². The summed E-state index contributed by atoms with van der Waals surface area (Å²) in [6.45, 7) is 7.14. The van der Waals surface area contributed by atoms with Gasteiger partial charge in [-0.1, -0.05) is 38.2 Å². The molecule has 1 fully saturated rings. The van der Waals surface area contributed by atoms with Crippen LogP contribution in [0.2, 0.25) is 0 Å². The molecule has 1 saturated heterocycles. The lowest BCUT2D eigenvalue weighted by molar-refractivity contribution is -0.155. The molecule has 7 atom stereocenters. The van der Waals surface area contributed by atoms with Gasteiger partial charge in [0.05, 0.1) is 36.7 Å². The fourth-order valence-corrected chi connectivity index (χ4v) is 5.32. The number of nitrogens with two attached hydrogens (primary N) is 1. The second-order valence-electron chi connectivity index (χ2n) is 10.2. The Kier molecular flexibility index (Phi) is 10.2. The summed E-state index contributed by atoms with van der Waals surface area (Å²) >= 11 is 0. The molecule has 2 heterocycles. The van der Waals surface area contributed by atoms with E-state index in [4.69, 9.17) is 29.4 Å². The molecule has 1 unspecified atom stereocenters. The molecule has 3 aliphatic rings. The third kappa shape index (κ3) is 6.60. The molecule has 0 spiro atoms. The van der Waals surface area contributed by atoms with Crippen LogP contribution in [0.25, 0.3) is 0 Å². The Labute approximate surface area is 234 Å². The lowest BCUT2D eigenvalue weighted by Crippen LogP contribution is -2.50. The van der Waals surface area contributed by atoms with E-state index in [1.807, 2.05) is 19.9 Å². The van der Waals surface area contributed by atoms with Crippen LogP contribution in [-0.2, 0) is 38.1 Å². The van der Waals surface area contributed by atoms with Gasteiger partial charge in [0, 0.05) is 31.8 Å².